The van der Waals surface area contributed by atoms with Crippen LogP contribution >= 0.6 is 0 Å². The van der Waals surface area contributed by atoms with Crippen molar-refractivity contribution in [3.63, 3.8) is 0 Å². The summed E-state index contributed by atoms with van der Waals surface area (Å²) in [6, 6.07) is 18.3. The fourth-order valence-corrected chi connectivity index (χ4v) is 2.36. The average Bonchev–Trinajstić information content (AvgIpc) is 2.96. The minimum absolute atomic E-state index is 0.787. The first-order valence-electron chi connectivity index (χ1n) is 6.66. The van der Waals surface area contributed by atoms with Crippen molar-refractivity contribution in [2.45, 2.75) is 12.8 Å². The van der Waals surface area contributed by atoms with Crippen molar-refractivity contribution in [2.75, 3.05) is 7.11 Å². The van der Waals surface area contributed by atoms with Crippen molar-refractivity contribution < 1.29 is 4.74 Å². The van der Waals surface area contributed by atoms with Gasteiger partial charge in [0.25, 0.3) is 0 Å². The lowest BCUT2D eigenvalue weighted by atomic mass is 10.0. The molecule has 0 saturated heterocycles. The molecule has 20 heavy (non-hydrogen) atoms. The highest BCUT2D eigenvalue weighted by atomic mass is 16.5. The Morgan fingerprint density at radius 3 is 2.50 bits per heavy atom. The summed E-state index contributed by atoms with van der Waals surface area (Å²) in [5, 5.41) is 8.63. The second-order valence-corrected chi connectivity index (χ2v) is 4.75. The monoisotopic (exact) mass is 264 g/mol. The highest BCUT2D eigenvalue weighted by molar-refractivity contribution is 6.16. The van der Waals surface area contributed by atoms with Gasteiger partial charge in [0.15, 0.2) is 0 Å². The summed E-state index contributed by atoms with van der Waals surface area (Å²) in [4.78, 5) is 0. The van der Waals surface area contributed by atoms with E-state index in [4.69, 9.17) is 4.74 Å². The molecule has 0 saturated carbocycles. The fourth-order valence-electron chi connectivity index (χ4n) is 2.36. The van der Waals surface area contributed by atoms with Gasteiger partial charge in [-0.05, 0) is 17.7 Å². The number of hydrogen-bond acceptors (Lipinski definition) is 3. The first-order valence-corrected chi connectivity index (χ1v) is 6.66. The molecule has 1 aliphatic heterocycles. The zero-order valence-electron chi connectivity index (χ0n) is 11.4. The molecule has 0 unspecified atom stereocenters. The first kappa shape index (κ1) is 12.6. The van der Waals surface area contributed by atoms with Crippen molar-refractivity contribution >= 4 is 11.4 Å². The van der Waals surface area contributed by atoms with Gasteiger partial charge in [0.2, 0.25) is 0 Å². The summed E-state index contributed by atoms with van der Waals surface area (Å²) in [5.41, 5.74) is 4.37. The average molecular weight is 264 g/mol. The van der Waals surface area contributed by atoms with Crippen LogP contribution in [0.25, 0.3) is 0 Å². The number of rotatable bonds is 4. The van der Waals surface area contributed by atoms with Gasteiger partial charge in [-0.25, -0.2) is 0 Å². The standard InChI is InChI=1S/C17H16N2O/c1-20-17-10-6-5-9-15(17)16-12-14(18-19-16)11-13-7-3-2-4-8-13/h2-10H,11-12H2,1H3. The maximum atomic E-state index is 5.38. The Labute approximate surface area is 118 Å². The molecule has 2 aromatic rings. The number of benzene rings is 2. The molecule has 0 spiro atoms. The van der Waals surface area contributed by atoms with Crippen LogP contribution in [-0.4, -0.2) is 18.5 Å². The van der Waals surface area contributed by atoms with Gasteiger partial charge in [0.1, 0.15) is 5.75 Å². The minimum atomic E-state index is 0.787. The van der Waals surface area contributed by atoms with Gasteiger partial charge in [-0.1, -0.05) is 42.5 Å². The minimum Gasteiger partial charge on any atom is -0.496 e. The van der Waals surface area contributed by atoms with Gasteiger partial charge in [-0.2, -0.15) is 10.2 Å². The van der Waals surface area contributed by atoms with E-state index in [9.17, 15) is 0 Å². The predicted octanol–water partition coefficient (Wildman–Crippen LogP) is 3.49. The lowest BCUT2D eigenvalue weighted by Crippen LogP contribution is -2.07. The third-order valence-corrected chi connectivity index (χ3v) is 3.35. The molecule has 0 amide bonds. The van der Waals surface area contributed by atoms with Gasteiger partial charge in [-0.3, -0.25) is 0 Å². The van der Waals surface area contributed by atoms with Crippen LogP contribution in [-0.2, 0) is 6.42 Å². The molecule has 0 bridgehead atoms. The number of methoxy groups -OCH3 is 1. The van der Waals surface area contributed by atoms with E-state index < -0.39 is 0 Å². The Kier molecular flexibility index (Phi) is 3.59. The Morgan fingerprint density at radius 2 is 1.70 bits per heavy atom. The van der Waals surface area contributed by atoms with E-state index in [0.29, 0.717) is 0 Å². The van der Waals surface area contributed by atoms with Crippen LogP contribution in [0, 0.1) is 0 Å². The lowest BCUT2D eigenvalue weighted by molar-refractivity contribution is 0.414. The van der Waals surface area contributed by atoms with Crippen LogP contribution in [0.15, 0.2) is 64.8 Å². The second-order valence-electron chi connectivity index (χ2n) is 4.75. The Hall–Kier alpha value is -2.42. The molecule has 0 fully saturated rings. The molecule has 3 rings (SSSR count). The maximum absolute atomic E-state index is 5.38. The molecule has 2 aromatic carbocycles. The van der Waals surface area contributed by atoms with E-state index in [1.54, 1.807) is 7.11 Å². The SMILES string of the molecule is COc1ccccc1C1=NN=C(Cc2ccccc2)C1. The first-order chi connectivity index (χ1) is 9.86. The topological polar surface area (TPSA) is 34.0 Å². The van der Waals surface area contributed by atoms with E-state index in [2.05, 4.69) is 22.3 Å². The molecule has 3 heteroatoms. The summed E-state index contributed by atoms with van der Waals surface area (Å²) < 4.78 is 5.38. The van der Waals surface area contributed by atoms with Crippen molar-refractivity contribution in [1.29, 1.82) is 0 Å². The van der Waals surface area contributed by atoms with E-state index in [0.717, 1.165) is 35.6 Å². The molecule has 0 radical (unpaired) electrons. The molecule has 1 aliphatic rings. The molecule has 3 nitrogen and oxygen atoms in total. The quantitative estimate of drug-likeness (QED) is 0.832. The number of nitrogens with zero attached hydrogens (tertiary/aromatic N) is 2. The van der Waals surface area contributed by atoms with Crippen LogP contribution < -0.4 is 4.74 Å². The van der Waals surface area contributed by atoms with Crippen molar-refractivity contribution in [3.8, 4) is 5.75 Å². The predicted molar refractivity (Wildman–Crippen MR) is 81.7 cm³/mol. The highest BCUT2D eigenvalue weighted by Gasteiger charge is 2.17. The molecule has 1 heterocycles. The van der Waals surface area contributed by atoms with Gasteiger partial charge in [0, 0.05) is 18.4 Å². The Bertz CT molecular complexity index is 660. The second kappa shape index (κ2) is 5.70. The van der Waals surface area contributed by atoms with E-state index in [1.165, 1.54) is 5.56 Å². The van der Waals surface area contributed by atoms with Crippen molar-refractivity contribution in [1.82, 2.24) is 0 Å². The molecular weight excluding hydrogens is 248 g/mol. The fraction of sp³-hybridized carbons (Fsp3) is 0.176. The summed E-state index contributed by atoms with van der Waals surface area (Å²) in [5.74, 6) is 0.849. The normalized spacial score (nSPS) is 13.8. The maximum Gasteiger partial charge on any atom is 0.127 e. The highest BCUT2D eigenvalue weighted by Crippen LogP contribution is 2.23. The van der Waals surface area contributed by atoms with Gasteiger partial charge in [-0.15, -0.1) is 0 Å². The summed E-state index contributed by atoms with van der Waals surface area (Å²) >= 11 is 0. The van der Waals surface area contributed by atoms with Crippen LogP contribution in [0.2, 0.25) is 0 Å². The van der Waals surface area contributed by atoms with Crippen molar-refractivity contribution in [3.05, 3.63) is 65.7 Å². The zero-order valence-corrected chi connectivity index (χ0v) is 11.4. The summed E-state index contributed by atoms with van der Waals surface area (Å²) in [6.07, 6.45) is 1.64. The Balaban J connectivity index is 1.72. The zero-order chi connectivity index (χ0) is 13.8. The largest absolute Gasteiger partial charge is 0.496 e. The van der Waals surface area contributed by atoms with Crippen LogP contribution in [0.1, 0.15) is 17.5 Å². The van der Waals surface area contributed by atoms with Crippen molar-refractivity contribution in [2.24, 2.45) is 10.2 Å². The van der Waals surface area contributed by atoms with E-state index in [-0.39, 0.29) is 0 Å². The number of hydrogen-bond donors (Lipinski definition) is 0. The van der Waals surface area contributed by atoms with Gasteiger partial charge in [0.05, 0.1) is 18.5 Å². The smallest absolute Gasteiger partial charge is 0.127 e. The third kappa shape index (κ3) is 2.62. The summed E-state index contributed by atoms with van der Waals surface area (Å²) in [6.45, 7) is 0. The van der Waals surface area contributed by atoms with Crippen LogP contribution in [0.3, 0.4) is 0 Å². The van der Waals surface area contributed by atoms with Gasteiger partial charge >= 0.3 is 0 Å². The lowest BCUT2D eigenvalue weighted by Gasteiger charge is -2.07. The number of ether oxygens (including phenoxy) is 1. The molecule has 0 atom stereocenters. The molecule has 0 aromatic heterocycles. The van der Waals surface area contributed by atoms with E-state index in [1.807, 2.05) is 42.5 Å². The summed E-state index contributed by atoms with van der Waals surface area (Å²) in [7, 11) is 1.68. The van der Waals surface area contributed by atoms with Gasteiger partial charge < -0.3 is 4.74 Å². The number of para-hydroxylation sites is 1. The van der Waals surface area contributed by atoms with Crippen LogP contribution in [0.5, 0.6) is 5.75 Å². The molecule has 0 N–H and O–H groups in total. The molecule has 0 aliphatic carbocycles. The van der Waals surface area contributed by atoms with E-state index >= 15 is 0 Å². The molecular formula is C17H16N2O. The third-order valence-electron chi connectivity index (χ3n) is 3.35. The van der Waals surface area contributed by atoms with Crippen LogP contribution in [0.4, 0.5) is 0 Å². The Morgan fingerprint density at radius 1 is 0.950 bits per heavy atom. The molecule has 100 valence electrons.